The number of hydrogen-bond donors (Lipinski definition) is 1. The maximum Gasteiger partial charge on any atom is 0.416 e. The lowest BCUT2D eigenvalue weighted by atomic mass is 10.1. The van der Waals surface area contributed by atoms with E-state index >= 15 is 0 Å². The highest BCUT2D eigenvalue weighted by Gasteiger charge is 2.30. The third kappa shape index (κ3) is 2.51. The molecular weight excluding hydrogens is 243 g/mol. The summed E-state index contributed by atoms with van der Waals surface area (Å²) in [6, 6.07) is 8.42. The average molecular weight is 251 g/mol. The molecule has 2 aromatic rings. The summed E-state index contributed by atoms with van der Waals surface area (Å²) in [5.74, 6) is 0. The Labute approximate surface area is 101 Å². The van der Waals surface area contributed by atoms with Crippen molar-refractivity contribution in [3.8, 4) is 17.3 Å². The molecule has 0 aliphatic rings. The van der Waals surface area contributed by atoms with Crippen molar-refractivity contribution in [2.45, 2.75) is 12.6 Å². The highest BCUT2D eigenvalue weighted by atomic mass is 19.4. The highest BCUT2D eigenvalue weighted by Crippen LogP contribution is 2.31. The molecule has 0 fully saturated rings. The summed E-state index contributed by atoms with van der Waals surface area (Å²) >= 11 is 0. The van der Waals surface area contributed by atoms with Gasteiger partial charge in [-0.2, -0.15) is 23.5 Å². The first-order chi connectivity index (χ1) is 8.50. The van der Waals surface area contributed by atoms with E-state index < -0.39 is 11.7 Å². The van der Waals surface area contributed by atoms with E-state index in [9.17, 15) is 13.2 Å². The minimum Gasteiger partial charge on any atom is -0.281 e. The minimum absolute atomic E-state index is 0.145. The molecular formula is C12H8F3N3. The van der Waals surface area contributed by atoms with Gasteiger partial charge in [0.05, 0.1) is 23.7 Å². The summed E-state index contributed by atoms with van der Waals surface area (Å²) in [6.45, 7) is 0. The lowest BCUT2D eigenvalue weighted by molar-refractivity contribution is -0.137. The summed E-state index contributed by atoms with van der Waals surface area (Å²) in [5, 5.41) is 15.0. The van der Waals surface area contributed by atoms with E-state index in [1.54, 1.807) is 12.1 Å². The molecule has 6 heteroatoms. The van der Waals surface area contributed by atoms with Crippen LogP contribution in [0.25, 0.3) is 11.3 Å². The number of rotatable bonds is 2. The average Bonchev–Trinajstić information content (AvgIpc) is 2.77. The van der Waals surface area contributed by atoms with Crippen molar-refractivity contribution >= 4 is 0 Å². The first-order valence-corrected chi connectivity index (χ1v) is 5.09. The summed E-state index contributed by atoms with van der Waals surface area (Å²) < 4.78 is 37.6. The zero-order chi connectivity index (χ0) is 13.2. The van der Waals surface area contributed by atoms with Gasteiger partial charge >= 0.3 is 6.18 Å². The quantitative estimate of drug-likeness (QED) is 0.891. The van der Waals surface area contributed by atoms with Crippen LogP contribution in [0.1, 0.15) is 11.3 Å². The molecule has 1 N–H and O–H groups in total. The molecule has 0 spiro atoms. The van der Waals surface area contributed by atoms with Crippen LogP contribution in [0.4, 0.5) is 13.2 Å². The Morgan fingerprint density at radius 1 is 1.28 bits per heavy atom. The fraction of sp³-hybridized carbons (Fsp3) is 0.167. The zero-order valence-corrected chi connectivity index (χ0v) is 9.12. The number of H-pyrrole nitrogens is 1. The number of hydrogen-bond acceptors (Lipinski definition) is 2. The number of nitrogens with zero attached hydrogens (tertiary/aromatic N) is 2. The van der Waals surface area contributed by atoms with Crippen LogP contribution in [-0.2, 0) is 12.6 Å². The van der Waals surface area contributed by atoms with Crippen molar-refractivity contribution in [1.82, 2.24) is 10.2 Å². The van der Waals surface area contributed by atoms with Gasteiger partial charge in [0.1, 0.15) is 0 Å². The van der Waals surface area contributed by atoms with Crippen LogP contribution in [0.5, 0.6) is 0 Å². The number of alkyl halides is 3. The molecule has 2 rings (SSSR count). The van der Waals surface area contributed by atoms with Gasteiger partial charge in [0.25, 0.3) is 0 Å². The Kier molecular flexibility index (Phi) is 3.06. The number of halogens is 3. The van der Waals surface area contributed by atoms with Crippen molar-refractivity contribution in [3.05, 3.63) is 41.6 Å². The number of benzene rings is 1. The fourth-order valence-electron chi connectivity index (χ4n) is 1.54. The molecule has 0 aliphatic carbocycles. The third-order valence-electron chi connectivity index (χ3n) is 2.39. The highest BCUT2D eigenvalue weighted by molar-refractivity contribution is 5.60. The van der Waals surface area contributed by atoms with Crippen LogP contribution in [-0.4, -0.2) is 10.2 Å². The van der Waals surface area contributed by atoms with Gasteiger partial charge in [-0.05, 0) is 18.2 Å². The number of aromatic amines is 1. The van der Waals surface area contributed by atoms with E-state index in [-0.39, 0.29) is 6.42 Å². The van der Waals surface area contributed by atoms with Crippen molar-refractivity contribution < 1.29 is 13.2 Å². The van der Waals surface area contributed by atoms with Gasteiger partial charge < -0.3 is 0 Å². The van der Waals surface area contributed by atoms with E-state index in [0.29, 0.717) is 17.0 Å². The van der Waals surface area contributed by atoms with Gasteiger partial charge in [0, 0.05) is 11.3 Å². The van der Waals surface area contributed by atoms with Crippen molar-refractivity contribution in [2.75, 3.05) is 0 Å². The second-order valence-corrected chi connectivity index (χ2v) is 3.69. The molecule has 0 bridgehead atoms. The van der Waals surface area contributed by atoms with Crippen LogP contribution in [0.3, 0.4) is 0 Å². The van der Waals surface area contributed by atoms with E-state index in [1.807, 2.05) is 6.07 Å². The maximum atomic E-state index is 12.5. The van der Waals surface area contributed by atoms with Gasteiger partial charge in [-0.3, -0.25) is 5.10 Å². The molecule has 1 aromatic heterocycles. The first kappa shape index (κ1) is 12.2. The van der Waals surface area contributed by atoms with Crippen molar-refractivity contribution in [3.63, 3.8) is 0 Å². The van der Waals surface area contributed by atoms with Gasteiger partial charge in [-0.1, -0.05) is 12.1 Å². The second-order valence-electron chi connectivity index (χ2n) is 3.69. The second kappa shape index (κ2) is 4.53. The Balaban J connectivity index is 2.36. The largest absolute Gasteiger partial charge is 0.416 e. The third-order valence-corrected chi connectivity index (χ3v) is 2.39. The van der Waals surface area contributed by atoms with Crippen molar-refractivity contribution in [2.24, 2.45) is 0 Å². The fourth-order valence-corrected chi connectivity index (χ4v) is 1.54. The molecule has 1 heterocycles. The lowest BCUT2D eigenvalue weighted by Gasteiger charge is -2.07. The molecule has 18 heavy (non-hydrogen) atoms. The Morgan fingerprint density at radius 3 is 2.72 bits per heavy atom. The molecule has 0 amide bonds. The predicted molar refractivity (Wildman–Crippen MR) is 58.3 cm³/mol. The molecule has 0 radical (unpaired) electrons. The minimum atomic E-state index is -4.37. The normalized spacial score (nSPS) is 11.2. The van der Waals surface area contributed by atoms with E-state index in [0.717, 1.165) is 12.1 Å². The van der Waals surface area contributed by atoms with Gasteiger partial charge in [-0.15, -0.1) is 0 Å². The topological polar surface area (TPSA) is 52.5 Å². The van der Waals surface area contributed by atoms with Crippen LogP contribution in [0.15, 0.2) is 30.3 Å². The Bertz CT molecular complexity index is 593. The summed E-state index contributed by atoms with van der Waals surface area (Å²) in [5.41, 5.74) is 0.617. The Hall–Kier alpha value is -2.29. The van der Waals surface area contributed by atoms with Crippen LogP contribution in [0.2, 0.25) is 0 Å². The molecule has 0 saturated heterocycles. The summed E-state index contributed by atoms with van der Waals surface area (Å²) in [6.07, 6.45) is -4.23. The SMILES string of the molecule is N#CCc1cc(-c2cccc(C(F)(F)F)c2)n[nH]1. The number of nitriles is 1. The molecule has 0 atom stereocenters. The number of aromatic nitrogens is 2. The van der Waals surface area contributed by atoms with Crippen LogP contribution < -0.4 is 0 Å². The monoisotopic (exact) mass is 251 g/mol. The van der Waals surface area contributed by atoms with Gasteiger partial charge in [0.15, 0.2) is 0 Å². The summed E-state index contributed by atoms with van der Waals surface area (Å²) in [4.78, 5) is 0. The van der Waals surface area contributed by atoms with Crippen LogP contribution in [0, 0.1) is 11.3 Å². The van der Waals surface area contributed by atoms with E-state index in [4.69, 9.17) is 5.26 Å². The molecule has 0 unspecified atom stereocenters. The number of nitrogens with one attached hydrogen (secondary N) is 1. The van der Waals surface area contributed by atoms with E-state index in [2.05, 4.69) is 10.2 Å². The molecule has 1 aromatic carbocycles. The van der Waals surface area contributed by atoms with Gasteiger partial charge in [-0.25, -0.2) is 0 Å². The van der Waals surface area contributed by atoms with Crippen LogP contribution >= 0.6 is 0 Å². The van der Waals surface area contributed by atoms with E-state index in [1.165, 1.54) is 6.07 Å². The molecule has 0 aliphatic heterocycles. The molecule has 92 valence electrons. The van der Waals surface area contributed by atoms with Crippen molar-refractivity contribution in [1.29, 1.82) is 5.26 Å². The first-order valence-electron chi connectivity index (χ1n) is 5.09. The standard InChI is InChI=1S/C12H8F3N3/c13-12(14,15)9-3-1-2-8(6-9)11-7-10(4-5-16)17-18-11/h1-3,6-7H,4H2,(H,17,18). The summed E-state index contributed by atoms with van der Waals surface area (Å²) in [7, 11) is 0. The molecule has 3 nitrogen and oxygen atoms in total. The smallest absolute Gasteiger partial charge is 0.281 e. The Morgan fingerprint density at radius 2 is 2.06 bits per heavy atom. The lowest BCUT2D eigenvalue weighted by Crippen LogP contribution is -2.04. The zero-order valence-electron chi connectivity index (χ0n) is 9.12. The molecule has 0 saturated carbocycles. The maximum absolute atomic E-state index is 12.5. The van der Waals surface area contributed by atoms with Gasteiger partial charge in [0.2, 0.25) is 0 Å². The predicted octanol–water partition coefficient (Wildman–Crippen LogP) is 3.16.